The number of carbonyl (C=O) groups excluding carboxylic acids is 2. The SMILES string of the molecule is O=C(/C=C/c1cc2c(cc1[N+](=O)[O-])OCO2)OCC(=O)N1CCOCC1. The number of nitrogens with zero attached hydrogens (tertiary/aromatic N) is 2. The standard InChI is InChI=1S/C16H16N2O8/c19-15(17-3-5-23-6-4-17)9-24-16(20)2-1-11-7-13-14(26-10-25-13)8-12(11)18(21)22/h1-2,7-8H,3-6,9-10H2/b2-1+. The van der Waals surface area contributed by atoms with Crippen LogP contribution in [0.4, 0.5) is 5.69 Å². The lowest BCUT2D eigenvalue weighted by atomic mass is 10.1. The molecule has 1 aromatic rings. The van der Waals surface area contributed by atoms with Gasteiger partial charge in [0.05, 0.1) is 29.8 Å². The molecule has 2 heterocycles. The van der Waals surface area contributed by atoms with Gasteiger partial charge in [-0.2, -0.15) is 0 Å². The summed E-state index contributed by atoms with van der Waals surface area (Å²) in [6.45, 7) is 1.39. The number of nitro groups is 1. The number of carbonyl (C=O) groups is 2. The summed E-state index contributed by atoms with van der Waals surface area (Å²) in [5.41, 5.74) is -0.0709. The van der Waals surface area contributed by atoms with Gasteiger partial charge in [0.1, 0.15) is 0 Å². The number of morpholine rings is 1. The molecule has 3 rings (SSSR count). The number of hydrogen-bond acceptors (Lipinski definition) is 8. The Morgan fingerprint density at radius 2 is 1.92 bits per heavy atom. The van der Waals surface area contributed by atoms with Crippen molar-refractivity contribution in [2.24, 2.45) is 0 Å². The Morgan fingerprint density at radius 3 is 2.62 bits per heavy atom. The Bertz CT molecular complexity index is 755. The molecule has 0 atom stereocenters. The van der Waals surface area contributed by atoms with Gasteiger partial charge in [0.15, 0.2) is 18.1 Å². The van der Waals surface area contributed by atoms with Crippen LogP contribution in [0.25, 0.3) is 6.08 Å². The first-order chi connectivity index (χ1) is 12.5. The number of nitro benzene ring substituents is 1. The first kappa shape index (κ1) is 17.7. The summed E-state index contributed by atoms with van der Waals surface area (Å²) < 4.78 is 20.3. The zero-order chi connectivity index (χ0) is 18.5. The van der Waals surface area contributed by atoms with E-state index in [1.807, 2.05) is 0 Å². The molecule has 0 aliphatic carbocycles. The van der Waals surface area contributed by atoms with Crippen molar-refractivity contribution in [3.63, 3.8) is 0 Å². The molecule has 0 spiro atoms. The van der Waals surface area contributed by atoms with Crippen LogP contribution in [0.15, 0.2) is 18.2 Å². The molecule has 0 N–H and O–H groups in total. The minimum absolute atomic E-state index is 0.0225. The maximum Gasteiger partial charge on any atom is 0.331 e. The molecule has 0 radical (unpaired) electrons. The Hall–Kier alpha value is -3.14. The second-order valence-corrected chi connectivity index (χ2v) is 5.46. The molecule has 10 nitrogen and oxygen atoms in total. The summed E-state index contributed by atoms with van der Waals surface area (Å²) in [5.74, 6) is -0.471. The van der Waals surface area contributed by atoms with Crippen molar-refractivity contribution < 1.29 is 33.5 Å². The van der Waals surface area contributed by atoms with Gasteiger partial charge in [0.2, 0.25) is 6.79 Å². The summed E-state index contributed by atoms with van der Waals surface area (Å²) in [7, 11) is 0. The van der Waals surface area contributed by atoms with E-state index < -0.39 is 17.5 Å². The molecule has 1 amide bonds. The molecule has 10 heteroatoms. The van der Waals surface area contributed by atoms with Gasteiger partial charge in [-0.1, -0.05) is 0 Å². The van der Waals surface area contributed by atoms with Gasteiger partial charge in [0, 0.05) is 19.2 Å². The Morgan fingerprint density at radius 1 is 1.23 bits per heavy atom. The molecular weight excluding hydrogens is 348 g/mol. The monoisotopic (exact) mass is 364 g/mol. The molecule has 0 unspecified atom stereocenters. The van der Waals surface area contributed by atoms with Gasteiger partial charge in [-0.15, -0.1) is 0 Å². The van der Waals surface area contributed by atoms with Crippen LogP contribution < -0.4 is 9.47 Å². The van der Waals surface area contributed by atoms with Crippen molar-refractivity contribution in [2.45, 2.75) is 0 Å². The fourth-order valence-corrected chi connectivity index (χ4v) is 2.48. The van der Waals surface area contributed by atoms with E-state index in [-0.39, 0.29) is 29.7 Å². The number of esters is 1. The first-order valence-electron chi connectivity index (χ1n) is 7.83. The van der Waals surface area contributed by atoms with Crippen LogP contribution in [0.2, 0.25) is 0 Å². The van der Waals surface area contributed by atoms with E-state index in [9.17, 15) is 19.7 Å². The molecule has 1 aromatic carbocycles. The smallest absolute Gasteiger partial charge is 0.331 e. The number of fused-ring (bicyclic) bond motifs is 1. The summed E-state index contributed by atoms with van der Waals surface area (Å²) >= 11 is 0. The van der Waals surface area contributed by atoms with E-state index in [4.69, 9.17) is 18.9 Å². The van der Waals surface area contributed by atoms with Crippen molar-refractivity contribution in [2.75, 3.05) is 39.7 Å². The summed E-state index contributed by atoms with van der Waals surface area (Å²) in [5, 5.41) is 11.2. The van der Waals surface area contributed by atoms with Crippen molar-refractivity contribution >= 4 is 23.6 Å². The van der Waals surface area contributed by atoms with Gasteiger partial charge in [-0.05, 0) is 12.1 Å². The van der Waals surface area contributed by atoms with Crippen molar-refractivity contribution in [3.05, 3.63) is 33.9 Å². The van der Waals surface area contributed by atoms with Crippen molar-refractivity contribution in [1.29, 1.82) is 0 Å². The summed E-state index contributed by atoms with van der Waals surface area (Å²) in [6.07, 6.45) is 2.26. The van der Waals surface area contributed by atoms with E-state index >= 15 is 0 Å². The summed E-state index contributed by atoms with van der Waals surface area (Å²) in [6, 6.07) is 2.64. The van der Waals surface area contributed by atoms with Crippen molar-refractivity contribution in [3.8, 4) is 11.5 Å². The maximum absolute atomic E-state index is 11.9. The van der Waals surface area contributed by atoms with Crippen LogP contribution in [0.1, 0.15) is 5.56 Å². The molecular formula is C16H16N2O8. The van der Waals surface area contributed by atoms with Crippen LogP contribution in [0, 0.1) is 10.1 Å². The predicted octanol–water partition coefficient (Wildman–Crippen LogP) is 0.739. The third-order valence-electron chi connectivity index (χ3n) is 3.82. The van der Waals surface area contributed by atoms with Crippen LogP contribution in [-0.4, -0.2) is 61.4 Å². The van der Waals surface area contributed by atoms with E-state index in [1.165, 1.54) is 18.2 Å². The second-order valence-electron chi connectivity index (χ2n) is 5.46. The van der Waals surface area contributed by atoms with E-state index in [0.717, 1.165) is 6.08 Å². The quantitative estimate of drug-likeness (QED) is 0.325. The molecule has 2 aliphatic rings. The first-order valence-corrected chi connectivity index (χ1v) is 7.83. The van der Waals surface area contributed by atoms with Gasteiger partial charge in [-0.25, -0.2) is 4.79 Å². The lowest BCUT2D eigenvalue weighted by Crippen LogP contribution is -2.42. The van der Waals surface area contributed by atoms with Crippen LogP contribution >= 0.6 is 0 Å². The molecule has 1 fully saturated rings. The average Bonchev–Trinajstić information content (AvgIpc) is 3.11. The van der Waals surface area contributed by atoms with Crippen LogP contribution in [0.5, 0.6) is 11.5 Å². The predicted molar refractivity (Wildman–Crippen MR) is 86.6 cm³/mol. The van der Waals surface area contributed by atoms with Crippen LogP contribution in [0.3, 0.4) is 0 Å². The fourth-order valence-electron chi connectivity index (χ4n) is 2.48. The largest absolute Gasteiger partial charge is 0.454 e. The number of benzene rings is 1. The fraction of sp³-hybridized carbons (Fsp3) is 0.375. The maximum atomic E-state index is 11.9. The molecule has 0 bridgehead atoms. The van der Waals surface area contributed by atoms with Crippen molar-refractivity contribution in [1.82, 2.24) is 4.90 Å². The minimum atomic E-state index is -0.779. The Kier molecular flexibility index (Phi) is 5.32. The van der Waals surface area contributed by atoms with E-state index in [1.54, 1.807) is 4.90 Å². The molecule has 2 aliphatic heterocycles. The molecule has 0 saturated carbocycles. The van der Waals surface area contributed by atoms with Gasteiger partial charge in [0.25, 0.3) is 11.6 Å². The average molecular weight is 364 g/mol. The number of hydrogen-bond donors (Lipinski definition) is 0. The highest BCUT2D eigenvalue weighted by Crippen LogP contribution is 2.38. The number of ether oxygens (including phenoxy) is 4. The van der Waals surface area contributed by atoms with E-state index in [2.05, 4.69) is 0 Å². The number of amides is 1. The lowest BCUT2D eigenvalue weighted by Gasteiger charge is -2.26. The highest BCUT2D eigenvalue weighted by molar-refractivity contribution is 5.90. The minimum Gasteiger partial charge on any atom is -0.454 e. The molecule has 138 valence electrons. The lowest BCUT2D eigenvalue weighted by molar-refractivity contribution is -0.385. The summed E-state index contributed by atoms with van der Waals surface area (Å²) in [4.78, 5) is 35.8. The van der Waals surface area contributed by atoms with E-state index in [0.29, 0.717) is 32.1 Å². The second kappa shape index (κ2) is 7.83. The zero-order valence-electron chi connectivity index (χ0n) is 13.7. The molecule has 1 saturated heterocycles. The molecule has 26 heavy (non-hydrogen) atoms. The van der Waals surface area contributed by atoms with Gasteiger partial charge >= 0.3 is 5.97 Å². The van der Waals surface area contributed by atoms with Gasteiger partial charge in [-0.3, -0.25) is 14.9 Å². The highest BCUT2D eigenvalue weighted by Gasteiger charge is 2.22. The topological polar surface area (TPSA) is 117 Å². The van der Waals surface area contributed by atoms with Gasteiger partial charge < -0.3 is 23.8 Å². The Labute approximate surface area is 148 Å². The Balaban J connectivity index is 1.61. The zero-order valence-corrected chi connectivity index (χ0v) is 13.7. The number of rotatable bonds is 5. The third kappa shape index (κ3) is 4.09. The van der Waals surface area contributed by atoms with Crippen LogP contribution in [-0.2, 0) is 19.1 Å². The normalized spacial score (nSPS) is 15.9. The third-order valence-corrected chi connectivity index (χ3v) is 3.82. The highest BCUT2D eigenvalue weighted by atomic mass is 16.7. The molecule has 0 aromatic heterocycles.